The number of carbonyl (C=O) groups excluding carboxylic acids is 1. The van der Waals surface area contributed by atoms with Crippen LogP contribution in [0.1, 0.15) is 12.8 Å². The first-order valence-corrected chi connectivity index (χ1v) is 6.25. The van der Waals surface area contributed by atoms with E-state index in [4.69, 9.17) is 5.73 Å². The molecule has 6 nitrogen and oxygen atoms in total. The molecule has 0 radical (unpaired) electrons. The summed E-state index contributed by atoms with van der Waals surface area (Å²) in [4.78, 5) is 19.8. The second-order valence-electron chi connectivity index (χ2n) is 5.31. The second kappa shape index (κ2) is 3.65. The number of carbonyl (C=O) groups is 1. The Morgan fingerprint density at radius 3 is 2.67 bits per heavy atom. The van der Waals surface area contributed by atoms with Crippen LogP contribution in [-0.2, 0) is 4.79 Å². The zero-order valence-electron chi connectivity index (χ0n) is 10.8. The number of hydrogen-bond donors (Lipinski definition) is 3. The molecule has 1 saturated heterocycles. The molecule has 4 N–H and O–H groups in total. The molecule has 6 heteroatoms. The topological polar surface area (TPSA) is 77.4 Å². The summed E-state index contributed by atoms with van der Waals surface area (Å²) >= 11 is 0. The molecule has 1 fully saturated rings. The van der Waals surface area contributed by atoms with Gasteiger partial charge in [-0.1, -0.05) is 0 Å². The van der Waals surface area contributed by atoms with Crippen molar-refractivity contribution in [3.8, 4) is 0 Å². The van der Waals surface area contributed by atoms with Crippen molar-refractivity contribution in [3.63, 3.8) is 0 Å². The number of likely N-dealkylation sites (tertiary alicyclic amines) is 1. The van der Waals surface area contributed by atoms with E-state index < -0.39 is 5.54 Å². The zero-order valence-corrected chi connectivity index (χ0v) is 10.8. The van der Waals surface area contributed by atoms with Crippen LogP contribution in [0.5, 0.6) is 0 Å². The van der Waals surface area contributed by atoms with Gasteiger partial charge in [0.1, 0.15) is 17.0 Å². The van der Waals surface area contributed by atoms with Gasteiger partial charge in [-0.2, -0.15) is 0 Å². The number of nitrogen functional groups attached to an aromatic ring is 1. The first-order chi connectivity index (χ1) is 8.54. The molecule has 18 heavy (non-hydrogen) atoms. The average Bonchev–Trinajstić information content (AvgIpc) is 2.71. The van der Waals surface area contributed by atoms with Crippen molar-refractivity contribution in [2.75, 3.05) is 43.1 Å². The van der Waals surface area contributed by atoms with Gasteiger partial charge in [0.25, 0.3) is 5.91 Å². The first kappa shape index (κ1) is 11.4. The van der Waals surface area contributed by atoms with E-state index in [2.05, 4.69) is 27.1 Å². The molecule has 1 spiro atoms. The highest BCUT2D eigenvalue weighted by Gasteiger charge is 2.48. The Kier molecular flexibility index (Phi) is 2.31. The smallest absolute Gasteiger partial charge is 0.250 e. The molecule has 0 atom stereocenters. The van der Waals surface area contributed by atoms with Crippen LogP contribution in [0.2, 0.25) is 0 Å². The van der Waals surface area contributed by atoms with Crippen molar-refractivity contribution in [2.24, 2.45) is 0 Å². The van der Waals surface area contributed by atoms with Gasteiger partial charge in [-0.05, 0) is 19.9 Å². The van der Waals surface area contributed by atoms with Crippen molar-refractivity contribution < 1.29 is 4.79 Å². The molecular formula is C12H19N5O. The van der Waals surface area contributed by atoms with Crippen LogP contribution >= 0.6 is 0 Å². The lowest BCUT2D eigenvalue weighted by Crippen LogP contribution is -2.62. The molecule has 2 aliphatic heterocycles. The van der Waals surface area contributed by atoms with Crippen molar-refractivity contribution in [1.82, 2.24) is 9.88 Å². The third kappa shape index (κ3) is 1.35. The standard InChI is InChI=1S/C12H19N5O/c1-16-5-3-12(4-6-16)11(18)15-9-8(17(12)2)7-14-10(9)13/h7,14H,3-6,13H2,1-2H3,(H,15,18). The monoisotopic (exact) mass is 249 g/mol. The van der Waals surface area contributed by atoms with E-state index in [0.717, 1.165) is 31.6 Å². The van der Waals surface area contributed by atoms with Crippen molar-refractivity contribution in [3.05, 3.63) is 6.20 Å². The Balaban J connectivity index is 2.00. The number of amides is 1. The van der Waals surface area contributed by atoms with Gasteiger partial charge in [0.15, 0.2) is 0 Å². The van der Waals surface area contributed by atoms with E-state index in [1.165, 1.54) is 0 Å². The van der Waals surface area contributed by atoms with E-state index in [1.807, 2.05) is 13.2 Å². The fourth-order valence-corrected chi connectivity index (χ4v) is 2.99. The normalized spacial score (nSPS) is 23.0. The minimum atomic E-state index is -0.422. The summed E-state index contributed by atoms with van der Waals surface area (Å²) in [5, 5.41) is 2.96. The largest absolute Gasteiger partial charge is 0.383 e. The summed E-state index contributed by atoms with van der Waals surface area (Å²) in [5.41, 5.74) is 7.10. The predicted octanol–water partition coefficient (Wildman–Crippen LogP) is 0.450. The summed E-state index contributed by atoms with van der Waals surface area (Å²) in [6, 6.07) is 0. The molecule has 98 valence electrons. The Morgan fingerprint density at radius 2 is 2.00 bits per heavy atom. The van der Waals surface area contributed by atoms with E-state index in [-0.39, 0.29) is 5.91 Å². The Bertz CT molecular complexity index is 487. The van der Waals surface area contributed by atoms with Gasteiger partial charge in [-0.15, -0.1) is 0 Å². The number of nitrogens with two attached hydrogens (primary N) is 1. The van der Waals surface area contributed by atoms with Gasteiger partial charge < -0.3 is 25.8 Å². The molecule has 0 bridgehead atoms. The molecule has 0 aromatic carbocycles. The molecule has 0 saturated carbocycles. The van der Waals surface area contributed by atoms with Crippen LogP contribution < -0.4 is 16.0 Å². The lowest BCUT2D eigenvalue weighted by molar-refractivity contribution is -0.123. The summed E-state index contributed by atoms with van der Waals surface area (Å²) in [6.45, 7) is 1.87. The maximum Gasteiger partial charge on any atom is 0.250 e. The molecule has 3 rings (SSSR count). The van der Waals surface area contributed by atoms with Crippen LogP contribution in [0.15, 0.2) is 6.20 Å². The number of hydrogen-bond acceptors (Lipinski definition) is 4. The number of rotatable bonds is 0. The quantitative estimate of drug-likeness (QED) is 0.624. The van der Waals surface area contributed by atoms with Gasteiger partial charge in [-0.25, -0.2) is 0 Å². The third-order valence-corrected chi connectivity index (χ3v) is 4.37. The molecule has 0 unspecified atom stereocenters. The summed E-state index contributed by atoms with van der Waals surface area (Å²) in [7, 11) is 4.07. The van der Waals surface area contributed by atoms with Crippen LogP contribution in [0.25, 0.3) is 0 Å². The van der Waals surface area contributed by atoms with Crippen molar-refractivity contribution in [2.45, 2.75) is 18.4 Å². The van der Waals surface area contributed by atoms with E-state index in [0.29, 0.717) is 11.5 Å². The van der Waals surface area contributed by atoms with Gasteiger partial charge in [0.2, 0.25) is 0 Å². The summed E-state index contributed by atoms with van der Waals surface area (Å²) in [5.74, 6) is 0.588. The van der Waals surface area contributed by atoms with Gasteiger partial charge in [-0.3, -0.25) is 4.79 Å². The fourth-order valence-electron chi connectivity index (χ4n) is 2.99. The Labute approximate surface area is 106 Å². The molecular weight excluding hydrogens is 230 g/mol. The molecule has 1 aromatic heterocycles. The molecule has 2 aliphatic rings. The van der Waals surface area contributed by atoms with Crippen LogP contribution in [-0.4, -0.2) is 48.5 Å². The lowest BCUT2D eigenvalue weighted by atomic mass is 9.83. The SMILES string of the molecule is CN1CCC2(CC1)C(=O)Nc1c(c[nH]c1N)N2C. The molecule has 3 heterocycles. The number of likely N-dealkylation sites (N-methyl/N-ethyl adjacent to an activating group) is 1. The summed E-state index contributed by atoms with van der Waals surface area (Å²) < 4.78 is 0. The predicted molar refractivity (Wildman–Crippen MR) is 71.7 cm³/mol. The molecule has 0 aliphatic carbocycles. The van der Waals surface area contributed by atoms with Gasteiger partial charge in [0.05, 0.1) is 5.69 Å². The fraction of sp³-hybridized carbons (Fsp3) is 0.583. The molecule has 1 amide bonds. The van der Waals surface area contributed by atoms with Crippen molar-refractivity contribution >= 4 is 23.1 Å². The Hall–Kier alpha value is -1.69. The van der Waals surface area contributed by atoms with E-state index in [1.54, 1.807) is 0 Å². The highest BCUT2D eigenvalue weighted by molar-refractivity contribution is 6.09. The number of H-pyrrole nitrogens is 1. The number of nitrogens with zero attached hydrogens (tertiary/aromatic N) is 2. The highest BCUT2D eigenvalue weighted by Crippen LogP contribution is 2.43. The number of piperidine rings is 1. The number of aromatic amines is 1. The van der Waals surface area contributed by atoms with Crippen LogP contribution in [0, 0.1) is 0 Å². The van der Waals surface area contributed by atoms with Gasteiger partial charge >= 0.3 is 0 Å². The number of aromatic nitrogens is 1. The van der Waals surface area contributed by atoms with E-state index >= 15 is 0 Å². The molecule has 1 aromatic rings. The van der Waals surface area contributed by atoms with Crippen LogP contribution in [0.4, 0.5) is 17.2 Å². The highest BCUT2D eigenvalue weighted by atomic mass is 16.2. The number of nitrogens with one attached hydrogen (secondary N) is 2. The number of anilines is 3. The summed E-state index contributed by atoms with van der Waals surface area (Å²) in [6.07, 6.45) is 3.55. The minimum absolute atomic E-state index is 0.0666. The Morgan fingerprint density at radius 1 is 1.33 bits per heavy atom. The van der Waals surface area contributed by atoms with Gasteiger partial charge in [0, 0.05) is 26.3 Å². The first-order valence-electron chi connectivity index (χ1n) is 6.25. The number of fused-ring (bicyclic) bond motifs is 1. The minimum Gasteiger partial charge on any atom is -0.383 e. The van der Waals surface area contributed by atoms with E-state index in [9.17, 15) is 4.79 Å². The average molecular weight is 249 g/mol. The maximum absolute atomic E-state index is 12.5. The lowest BCUT2D eigenvalue weighted by Gasteiger charge is -2.48. The third-order valence-electron chi connectivity index (χ3n) is 4.37. The van der Waals surface area contributed by atoms with Crippen molar-refractivity contribution in [1.29, 1.82) is 0 Å². The maximum atomic E-state index is 12.5. The van der Waals surface area contributed by atoms with Crippen LogP contribution in [0.3, 0.4) is 0 Å². The zero-order chi connectivity index (χ0) is 12.9. The second-order valence-corrected chi connectivity index (χ2v) is 5.31.